The van der Waals surface area contributed by atoms with Gasteiger partial charge in [-0.05, 0) is 30.7 Å². The summed E-state index contributed by atoms with van der Waals surface area (Å²) < 4.78 is 1.94. The zero-order valence-electron chi connectivity index (χ0n) is 13.3. The largest absolute Gasteiger partial charge is 0.354 e. The van der Waals surface area contributed by atoms with E-state index in [1.165, 1.54) is 12.8 Å². The number of nitrogens with zero attached hydrogens (tertiary/aromatic N) is 4. The zero-order chi connectivity index (χ0) is 14.4. The lowest BCUT2D eigenvalue weighted by atomic mass is 9.97. The predicted molar refractivity (Wildman–Crippen MR) is 98.1 cm³/mol. The summed E-state index contributed by atoms with van der Waals surface area (Å²) >= 11 is 0. The van der Waals surface area contributed by atoms with Crippen LogP contribution in [0.4, 0.5) is 0 Å². The van der Waals surface area contributed by atoms with Crippen LogP contribution in [0.25, 0.3) is 0 Å². The molecule has 1 fully saturated rings. The second-order valence-electron chi connectivity index (χ2n) is 5.97. The highest BCUT2D eigenvalue weighted by Crippen LogP contribution is 2.23. The van der Waals surface area contributed by atoms with Crippen LogP contribution < -0.4 is 5.32 Å². The van der Waals surface area contributed by atoms with E-state index in [0.29, 0.717) is 0 Å². The molecule has 1 N–H and O–H groups in total. The van der Waals surface area contributed by atoms with Crippen molar-refractivity contribution < 1.29 is 0 Å². The minimum Gasteiger partial charge on any atom is -0.354 e. The molecule has 120 valence electrons. The van der Waals surface area contributed by atoms with Gasteiger partial charge in [0, 0.05) is 39.1 Å². The van der Waals surface area contributed by atoms with Crippen LogP contribution in [0.15, 0.2) is 23.5 Å². The molecule has 1 aromatic rings. The Kier molecular flexibility index (Phi) is 8.06. The number of guanidine groups is 1. The lowest BCUT2D eigenvalue weighted by molar-refractivity contribution is 0.402. The Balaban J connectivity index is 0.00000220. The lowest BCUT2D eigenvalue weighted by Crippen LogP contribution is -2.41. The molecule has 6 heteroatoms. The van der Waals surface area contributed by atoms with Crippen molar-refractivity contribution in [3.8, 4) is 0 Å². The van der Waals surface area contributed by atoms with Gasteiger partial charge in [-0.15, -0.1) is 24.0 Å². The van der Waals surface area contributed by atoms with E-state index in [9.17, 15) is 0 Å². The van der Waals surface area contributed by atoms with Gasteiger partial charge >= 0.3 is 0 Å². The molecule has 0 aliphatic carbocycles. The zero-order valence-corrected chi connectivity index (χ0v) is 15.7. The second-order valence-corrected chi connectivity index (χ2v) is 5.97. The molecule has 0 bridgehead atoms. The normalized spacial score (nSPS) is 19.0. The van der Waals surface area contributed by atoms with E-state index in [1.54, 1.807) is 0 Å². The van der Waals surface area contributed by atoms with Gasteiger partial charge in [-0.25, -0.2) is 0 Å². The highest BCUT2D eigenvalue weighted by atomic mass is 127. The van der Waals surface area contributed by atoms with Gasteiger partial charge < -0.3 is 10.2 Å². The molecule has 0 saturated carbocycles. The van der Waals surface area contributed by atoms with Crippen molar-refractivity contribution >= 4 is 29.9 Å². The Morgan fingerprint density at radius 1 is 1.48 bits per heavy atom. The van der Waals surface area contributed by atoms with E-state index in [4.69, 9.17) is 0 Å². The van der Waals surface area contributed by atoms with Crippen molar-refractivity contribution in [3.05, 3.63) is 18.5 Å². The fourth-order valence-corrected chi connectivity index (χ4v) is 2.93. The molecule has 2 rings (SSSR count). The average Bonchev–Trinajstić information content (AvgIpc) is 3.05. The molecule has 5 nitrogen and oxygen atoms in total. The van der Waals surface area contributed by atoms with E-state index in [1.807, 2.05) is 30.2 Å². The molecular weight excluding hydrogens is 377 g/mol. The Morgan fingerprint density at radius 2 is 2.29 bits per heavy atom. The molecular formula is C15H28IN5. The van der Waals surface area contributed by atoms with Crippen molar-refractivity contribution in [3.63, 3.8) is 0 Å². The summed E-state index contributed by atoms with van der Waals surface area (Å²) in [7, 11) is 1.87. The summed E-state index contributed by atoms with van der Waals surface area (Å²) in [5, 5.41) is 7.64. The number of likely N-dealkylation sites (tertiary alicyclic amines) is 1. The van der Waals surface area contributed by atoms with Crippen LogP contribution in [0.5, 0.6) is 0 Å². The van der Waals surface area contributed by atoms with E-state index in [0.717, 1.165) is 44.0 Å². The molecule has 1 aliphatic heterocycles. The fraction of sp³-hybridized carbons (Fsp3) is 0.733. The van der Waals surface area contributed by atoms with Gasteiger partial charge in [0.05, 0.1) is 6.54 Å². The summed E-state index contributed by atoms with van der Waals surface area (Å²) in [4.78, 5) is 6.79. The van der Waals surface area contributed by atoms with Crippen molar-refractivity contribution in [2.24, 2.45) is 16.8 Å². The predicted octanol–water partition coefficient (Wildman–Crippen LogP) is 2.44. The molecule has 0 amide bonds. The molecule has 1 unspecified atom stereocenters. The number of hydrogen-bond donors (Lipinski definition) is 1. The van der Waals surface area contributed by atoms with Gasteiger partial charge in [0.15, 0.2) is 5.96 Å². The SMILES string of the molecule is CN=C(NCCn1cccn1)N1CCC(CC(C)C)C1.I. The van der Waals surface area contributed by atoms with Gasteiger partial charge in [0.2, 0.25) is 0 Å². The molecule has 1 saturated heterocycles. The number of aromatic nitrogens is 2. The Labute approximate surface area is 145 Å². The highest BCUT2D eigenvalue weighted by Gasteiger charge is 2.25. The lowest BCUT2D eigenvalue weighted by Gasteiger charge is -2.22. The fourth-order valence-electron chi connectivity index (χ4n) is 2.93. The summed E-state index contributed by atoms with van der Waals surface area (Å²) in [5.41, 5.74) is 0. The summed E-state index contributed by atoms with van der Waals surface area (Å²) in [6, 6.07) is 1.95. The third-order valence-electron chi connectivity index (χ3n) is 3.79. The monoisotopic (exact) mass is 405 g/mol. The molecule has 1 atom stereocenters. The van der Waals surface area contributed by atoms with Crippen LogP contribution in [0.1, 0.15) is 26.7 Å². The first-order valence-corrected chi connectivity index (χ1v) is 7.62. The van der Waals surface area contributed by atoms with Gasteiger partial charge in [0.1, 0.15) is 0 Å². The second kappa shape index (κ2) is 9.27. The minimum absolute atomic E-state index is 0. The molecule has 1 aromatic heterocycles. The topological polar surface area (TPSA) is 45.5 Å². The first-order chi connectivity index (χ1) is 9.69. The maximum absolute atomic E-state index is 4.40. The molecule has 2 heterocycles. The molecule has 0 spiro atoms. The van der Waals surface area contributed by atoms with Crippen LogP contribution in [0.2, 0.25) is 0 Å². The Hall–Kier alpha value is -0.790. The number of hydrogen-bond acceptors (Lipinski definition) is 2. The van der Waals surface area contributed by atoms with Crippen LogP contribution in [0.3, 0.4) is 0 Å². The summed E-state index contributed by atoms with van der Waals surface area (Å²) in [6.07, 6.45) is 6.41. The van der Waals surface area contributed by atoms with Crippen LogP contribution in [-0.2, 0) is 6.54 Å². The van der Waals surface area contributed by atoms with Crippen LogP contribution >= 0.6 is 24.0 Å². The van der Waals surface area contributed by atoms with E-state index in [2.05, 4.69) is 34.2 Å². The summed E-state index contributed by atoms with van der Waals surface area (Å²) in [6.45, 7) is 8.60. The van der Waals surface area contributed by atoms with Crippen LogP contribution in [0, 0.1) is 11.8 Å². The first kappa shape index (κ1) is 18.3. The van der Waals surface area contributed by atoms with Gasteiger partial charge in [-0.2, -0.15) is 5.10 Å². The van der Waals surface area contributed by atoms with Gasteiger partial charge in [-0.3, -0.25) is 9.67 Å². The van der Waals surface area contributed by atoms with Crippen molar-refractivity contribution in [2.75, 3.05) is 26.7 Å². The van der Waals surface area contributed by atoms with Crippen molar-refractivity contribution in [1.29, 1.82) is 0 Å². The van der Waals surface area contributed by atoms with Gasteiger partial charge in [-0.1, -0.05) is 13.8 Å². The highest BCUT2D eigenvalue weighted by molar-refractivity contribution is 14.0. The maximum Gasteiger partial charge on any atom is 0.193 e. The number of aliphatic imine (C=N–C) groups is 1. The van der Waals surface area contributed by atoms with E-state index in [-0.39, 0.29) is 24.0 Å². The minimum atomic E-state index is 0. The van der Waals surface area contributed by atoms with E-state index >= 15 is 0 Å². The number of rotatable bonds is 5. The number of halogens is 1. The standard InChI is InChI=1S/C15H27N5.HI/c1-13(2)11-14-5-9-19(12-14)15(16-3)17-7-10-20-8-4-6-18-20;/h4,6,8,13-14H,5,7,9-12H2,1-3H3,(H,16,17);1H. The molecule has 0 aromatic carbocycles. The van der Waals surface area contributed by atoms with Crippen LogP contribution in [-0.4, -0.2) is 47.3 Å². The smallest absolute Gasteiger partial charge is 0.193 e. The van der Waals surface area contributed by atoms with Crippen molar-refractivity contribution in [1.82, 2.24) is 20.0 Å². The third-order valence-corrected chi connectivity index (χ3v) is 3.79. The molecule has 1 aliphatic rings. The third kappa shape index (κ3) is 5.84. The Bertz CT molecular complexity index is 416. The Morgan fingerprint density at radius 3 is 2.90 bits per heavy atom. The van der Waals surface area contributed by atoms with Crippen molar-refractivity contribution in [2.45, 2.75) is 33.2 Å². The summed E-state index contributed by atoms with van der Waals surface area (Å²) in [5.74, 6) is 2.64. The van der Waals surface area contributed by atoms with E-state index < -0.39 is 0 Å². The average molecular weight is 405 g/mol. The maximum atomic E-state index is 4.40. The quantitative estimate of drug-likeness (QED) is 0.465. The first-order valence-electron chi connectivity index (χ1n) is 7.62. The number of nitrogens with one attached hydrogen (secondary N) is 1. The molecule has 0 radical (unpaired) electrons. The molecule has 21 heavy (non-hydrogen) atoms. The van der Waals surface area contributed by atoms with Gasteiger partial charge in [0.25, 0.3) is 0 Å².